The summed E-state index contributed by atoms with van der Waals surface area (Å²) in [6, 6.07) is 0. The first-order valence-electron chi connectivity index (χ1n) is 6.84. The van der Waals surface area contributed by atoms with Gasteiger partial charge in [0.2, 0.25) is 5.91 Å². The van der Waals surface area contributed by atoms with E-state index in [9.17, 15) is 9.90 Å². The summed E-state index contributed by atoms with van der Waals surface area (Å²) in [4.78, 5) is 11.9. The van der Waals surface area contributed by atoms with Crippen LogP contribution >= 0.6 is 0 Å². The van der Waals surface area contributed by atoms with Crippen molar-refractivity contribution in [2.75, 3.05) is 19.6 Å². The standard InChI is InChI=1S/C13H24N2O2/c1-2-10(16)3-6-15-12(17)11-9-13(11)4-7-14-8-5-13/h10-11,14,16H,2-9H2,1H3,(H,15,17). The van der Waals surface area contributed by atoms with Crippen LogP contribution in [0.25, 0.3) is 0 Å². The van der Waals surface area contributed by atoms with Crippen LogP contribution in [-0.2, 0) is 4.79 Å². The minimum absolute atomic E-state index is 0.204. The van der Waals surface area contributed by atoms with Crippen LogP contribution in [-0.4, -0.2) is 36.8 Å². The Labute approximate surface area is 103 Å². The number of carbonyl (C=O) groups is 1. The third kappa shape index (κ3) is 2.99. The largest absolute Gasteiger partial charge is 0.393 e. The molecule has 0 aromatic carbocycles. The Hall–Kier alpha value is -0.610. The Kier molecular flexibility index (Phi) is 4.05. The zero-order valence-corrected chi connectivity index (χ0v) is 10.7. The van der Waals surface area contributed by atoms with Crippen LogP contribution in [0.1, 0.15) is 39.0 Å². The Balaban J connectivity index is 1.68. The molecule has 1 saturated carbocycles. The number of rotatable bonds is 5. The quantitative estimate of drug-likeness (QED) is 0.661. The van der Waals surface area contributed by atoms with Gasteiger partial charge in [-0.3, -0.25) is 4.79 Å². The maximum Gasteiger partial charge on any atom is 0.223 e. The van der Waals surface area contributed by atoms with Crippen LogP contribution < -0.4 is 10.6 Å². The number of aliphatic hydroxyl groups excluding tert-OH is 1. The number of piperidine rings is 1. The van der Waals surface area contributed by atoms with Crippen molar-refractivity contribution in [2.45, 2.75) is 45.1 Å². The first-order chi connectivity index (χ1) is 8.18. The van der Waals surface area contributed by atoms with E-state index in [4.69, 9.17) is 0 Å². The molecule has 3 N–H and O–H groups in total. The van der Waals surface area contributed by atoms with Gasteiger partial charge in [-0.05, 0) is 50.6 Å². The predicted octanol–water partition coefficient (Wildman–Crippen LogP) is 0.653. The lowest BCUT2D eigenvalue weighted by molar-refractivity contribution is -0.123. The topological polar surface area (TPSA) is 61.4 Å². The number of aliphatic hydroxyl groups is 1. The molecule has 1 aliphatic carbocycles. The fourth-order valence-corrected chi connectivity index (χ4v) is 2.88. The summed E-state index contributed by atoms with van der Waals surface area (Å²) < 4.78 is 0. The third-order valence-corrected chi connectivity index (χ3v) is 4.35. The van der Waals surface area contributed by atoms with Gasteiger partial charge in [0.15, 0.2) is 0 Å². The van der Waals surface area contributed by atoms with Gasteiger partial charge in [0.25, 0.3) is 0 Å². The molecular weight excluding hydrogens is 216 g/mol. The van der Waals surface area contributed by atoms with E-state index in [1.165, 1.54) is 0 Å². The summed E-state index contributed by atoms with van der Waals surface area (Å²) in [5, 5.41) is 15.7. The van der Waals surface area contributed by atoms with Crippen molar-refractivity contribution in [2.24, 2.45) is 11.3 Å². The van der Waals surface area contributed by atoms with Crippen LogP contribution in [0.3, 0.4) is 0 Å². The summed E-state index contributed by atoms with van der Waals surface area (Å²) in [6.45, 7) is 4.67. The molecule has 1 saturated heterocycles. The summed E-state index contributed by atoms with van der Waals surface area (Å²) in [5.41, 5.74) is 0.318. The van der Waals surface area contributed by atoms with E-state index in [1.54, 1.807) is 0 Å². The average molecular weight is 240 g/mol. The van der Waals surface area contributed by atoms with Crippen LogP contribution in [0.4, 0.5) is 0 Å². The van der Waals surface area contributed by atoms with Gasteiger partial charge in [-0.25, -0.2) is 0 Å². The highest BCUT2D eigenvalue weighted by Gasteiger charge is 2.57. The molecule has 17 heavy (non-hydrogen) atoms. The Bertz CT molecular complexity index is 275. The lowest BCUT2D eigenvalue weighted by atomic mass is 9.92. The molecule has 0 aromatic rings. The van der Waals surface area contributed by atoms with Crippen molar-refractivity contribution in [1.29, 1.82) is 0 Å². The molecule has 0 radical (unpaired) electrons. The molecule has 1 heterocycles. The van der Waals surface area contributed by atoms with E-state index in [0.717, 1.165) is 38.8 Å². The molecule has 1 aliphatic heterocycles. The van der Waals surface area contributed by atoms with Crippen molar-refractivity contribution in [3.63, 3.8) is 0 Å². The smallest absolute Gasteiger partial charge is 0.223 e. The van der Waals surface area contributed by atoms with Crippen molar-refractivity contribution in [3.05, 3.63) is 0 Å². The summed E-state index contributed by atoms with van der Waals surface area (Å²) in [7, 11) is 0. The van der Waals surface area contributed by atoms with Gasteiger partial charge in [0.05, 0.1) is 6.10 Å². The van der Waals surface area contributed by atoms with Gasteiger partial charge < -0.3 is 15.7 Å². The van der Waals surface area contributed by atoms with Crippen molar-refractivity contribution in [3.8, 4) is 0 Å². The maximum atomic E-state index is 11.9. The summed E-state index contributed by atoms with van der Waals surface area (Å²) in [5.74, 6) is 0.443. The Morgan fingerprint density at radius 2 is 2.24 bits per heavy atom. The van der Waals surface area contributed by atoms with E-state index in [1.807, 2.05) is 6.92 Å². The van der Waals surface area contributed by atoms with E-state index in [0.29, 0.717) is 18.4 Å². The minimum Gasteiger partial charge on any atom is -0.393 e. The molecular formula is C13H24N2O2. The predicted molar refractivity (Wildman–Crippen MR) is 66.6 cm³/mol. The van der Waals surface area contributed by atoms with Crippen LogP contribution in [0.2, 0.25) is 0 Å². The molecule has 2 rings (SSSR count). The highest BCUT2D eigenvalue weighted by atomic mass is 16.3. The highest BCUT2D eigenvalue weighted by molar-refractivity contribution is 5.82. The summed E-state index contributed by atoms with van der Waals surface area (Å²) in [6.07, 6.45) is 4.50. The van der Waals surface area contributed by atoms with Gasteiger partial charge in [-0.1, -0.05) is 6.92 Å². The lowest BCUT2D eigenvalue weighted by Gasteiger charge is -2.23. The third-order valence-electron chi connectivity index (χ3n) is 4.35. The van der Waals surface area contributed by atoms with Crippen LogP contribution in [0.5, 0.6) is 0 Å². The molecule has 1 spiro atoms. The number of nitrogens with one attached hydrogen (secondary N) is 2. The van der Waals surface area contributed by atoms with Crippen molar-refractivity contribution < 1.29 is 9.90 Å². The second kappa shape index (κ2) is 5.36. The molecule has 2 fully saturated rings. The zero-order chi connectivity index (χ0) is 12.3. The minimum atomic E-state index is -0.276. The highest BCUT2D eigenvalue weighted by Crippen LogP contribution is 2.58. The summed E-state index contributed by atoms with van der Waals surface area (Å²) >= 11 is 0. The van der Waals surface area contributed by atoms with Gasteiger partial charge >= 0.3 is 0 Å². The molecule has 4 nitrogen and oxygen atoms in total. The second-order valence-electron chi connectivity index (χ2n) is 5.51. The molecule has 98 valence electrons. The van der Waals surface area contributed by atoms with Crippen LogP contribution in [0.15, 0.2) is 0 Å². The zero-order valence-electron chi connectivity index (χ0n) is 10.7. The molecule has 2 atom stereocenters. The van der Waals surface area contributed by atoms with E-state index < -0.39 is 0 Å². The fourth-order valence-electron chi connectivity index (χ4n) is 2.88. The van der Waals surface area contributed by atoms with Gasteiger partial charge in [0, 0.05) is 12.5 Å². The maximum absolute atomic E-state index is 11.9. The molecule has 0 bridgehead atoms. The molecule has 0 aromatic heterocycles. The number of hydrogen-bond donors (Lipinski definition) is 3. The lowest BCUT2D eigenvalue weighted by Crippen LogP contribution is -2.34. The molecule has 2 unspecified atom stereocenters. The van der Waals surface area contributed by atoms with E-state index >= 15 is 0 Å². The average Bonchev–Trinajstić information content (AvgIpc) is 3.03. The SMILES string of the molecule is CCC(O)CCNC(=O)C1CC12CCNCC2. The molecule has 1 amide bonds. The Morgan fingerprint density at radius 1 is 1.53 bits per heavy atom. The Morgan fingerprint density at radius 3 is 2.88 bits per heavy atom. The normalized spacial score (nSPS) is 27.8. The van der Waals surface area contributed by atoms with Gasteiger partial charge in [-0.2, -0.15) is 0 Å². The molecule has 4 heteroatoms. The molecule has 2 aliphatic rings. The second-order valence-corrected chi connectivity index (χ2v) is 5.51. The van der Waals surface area contributed by atoms with Crippen LogP contribution in [0, 0.1) is 11.3 Å². The first-order valence-corrected chi connectivity index (χ1v) is 6.84. The van der Waals surface area contributed by atoms with Crippen molar-refractivity contribution >= 4 is 5.91 Å². The van der Waals surface area contributed by atoms with Gasteiger partial charge in [-0.15, -0.1) is 0 Å². The number of carbonyl (C=O) groups excluding carboxylic acids is 1. The first kappa shape index (κ1) is 12.8. The van der Waals surface area contributed by atoms with Gasteiger partial charge in [0.1, 0.15) is 0 Å². The van der Waals surface area contributed by atoms with E-state index in [2.05, 4.69) is 10.6 Å². The number of amides is 1. The number of hydrogen-bond acceptors (Lipinski definition) is 3. The monoisotopic (exact) mass is 240 g/mol. The fraction of sp³-hybridized carbons (Fsp3) is 0.923. The van der Waals surface area contributed by atoms with Crippen molar-refractivity contribution in [1.82, 2.24) is 10.6 Å². The van der Waals surface area contributed by atoms with E-state index in [-0.39, 0.29) is 17.9 Å².